The van der Waals surface area contributed by atoms with Crippen molar-refractivity contribution in [2.45, 2.75) is 0 Å². The van der Waals surface area contributed by atoms with Crippen molar-refractivity contribution in [1.29, 1.82) is 0 Å². The highest BCUT2D eigenvalue weighted by Crippen LogP contribution is 2.29. The fourth-order valence-electron chi connectivity index (χ4n) is 1.75. The lowest BCUT2D eigenvalue weighted by Crippen LogP contribution is -2.12. The van der Waals surface area contributed by atoms with E-state index in [0.717, 1.165) is 0 Å². The minimum absolute atomic E-state index is 0.0471. The second-order valence-corrected chi connectivity index (χ2v) is 4.73. The molecule has 2 aromatic carbocycles. The molecule has 0 saturated heterocycles. The highest BCUT2D eigenvalue weighted by Gasteiger charge is 2.15. The van der Waals surface area contributed by atoms with Gasteiger partial charge >= 0.3 is 5.97 Å². The third-order valence-corrected chi connectivity index (χ3v) is 3.09. The molecular weight excluding hydrogens is 308 g/mol. The average molecular weight is 323 g/mol. The summed E-state index contributed by atoms with van der Waals surface area (Å²) in [6, 6.07) is 11.5. The molecule has 0 unspecified atom stereocenters. The molecule has 0 spiro atoms. The van der Waals surface area contributed by atoms with Gasteiger partial charge in [-0.3, -0.25) is 0 Å². The molecule has 5 nitrogen and oxygen atoms in total. The van der Waals surface area contributed by atoms with Gasteiger partial charge in [-0.25, -0.2) is 4.79 Å². The molecule has 0 atom stereocenters. The van der Waals surface area contributed by atoms with Gasteiger partial charge in [-0.05, 0) is 36.4 Å². The molecule has 0 aliphatic rings. The summed E-state index contributed by atoms with van der Waals surface area (Å²) in [5, 5.41) is 10.5. The molecule has 2 aromatic rings. The maximum atomic E-state index is 11.9. The van der Waals surface area contributed by atoms with Crippen molar-refractivity contribution in [2.24, 2.45) is 0 Å². The van der Waals surface area contributed by atoms with Crippen LogP contribution >= 0.6 is 11.6 Å². The number of carbonyl (C=O) groups is 1. The lowest BCUT2D eigenvalue weighted by molar-refractivity contribution is 0.0446. The Bertz CT molecular complexity index is 639. The molecule has 0 aliphatic heterocycles. The smallest absolute Gasteiger partial charge is 0.342 e. The summed E-state index contributed by atoms with van der Waals surface area (Å²) in [6.45, 7) is 0.246. The number of carbonyl (C=O) groups excluding carboxylic acids is 1. The Morgan fingerprint density at radius 3 is 2.55 bits per heavy atom. The number of phenolic OH excluding ortho intramolecular Hbond substituents is 1. The number of aromatic hydroxyl groups is 1. The van der Waals surface area contributed by atoms with E-state index < -0.39 is 5.97 Å². The van der Waals surface area contributed by atoms with Gasteiger partial charge in [0.15, 0.2) is 11.5 Å². The third kappa shape index (κ3) is 4.05. The zero-order chi connectivity index (χ0) is 15.9. The van der Waals surface area contributed by atoms with E-state index in [1.165, 1.54) is 13.2 Å². The van der Waals surface area contributed by atoms with Crippen LogP contribution in [0.1, 0.15) is 10.4 Å². The van der Waals surface area contributed by atoms with Crippen LogP contribution in [0.2, 0.25) is 5.02 Å². The Hall–Kier alpha value is -2.40. The molecular formula is C16H15ClO5. The number of methoxy groups -OCH3 is 1. The molecule has 0 radical (unpaired) electrons. The Kier molecular flexibility index (Phi) is 5.49. The minimum atomic E-state index is -0.642. The molecule has 0 heterocycles. The van der Waals surface area contributed by atoms with Crippen LogP contribution in [0.4, 0.5) is 0 Å². The molecule has 0 bridgehead atoms. The summed E-state index contributed by atoms with van der Waals surface area (Å²) in [7, 11) is 1.41. The fraction of sp³-hybridized carbons (Fsp3) is 0.188. The van der Waals surface area contributed by atoms with Crippen LogP contribution in [0.5, 0.6) is 17.2 Å². The summed E-state index contributed by atoms with van der Waals surface area (Å²) >= 11 is 5.76. The van der Waals surface area contributed by atoms with Crippen molar-refractivity contribution in [2.75, 3.05) is 20.3 Å². The van der Waals surface area contributed by atoms with Crippen LogP contribution in [-0.2, 0) is 4.74 Å². The molecule has 1 N–H and O–H groups in total. The molecule has 0 amide bonds. The minimum Gasteiger partial charge on any atom is -0.504 e. The number of ether oxygens (including phenoxy) is 3. The lowest BCUT2D eigenvalue weighted by Gasteiger charge is -2.10. The van der Waals surface area contributed by atoms with Crippen LogP contribution in [0.3, 0.4) is 0 Å². The highest BCUT2D eigenvalue weighted by molar-refractivity contribution is 6.30. The zero-order valence-corrected chi connectivity index (χ0v) is 12.7. The molecule has 0 aromatic heterocycles. The van der Waals surface area contributed by atoms with Crippen LogP contribution in [-0.4, -0.2) is 31.4 Å². The normalized spacial score (nSPS) is 10.1. The largest absolute Gasteiger partial charge is 0.504 e. The van der Waals surface area contributed by atoms with E-state index in [4.69, 9.17) is 25.8 Å². The van der Waals surface area contributed by atoms with Crippen LogP contribution < -0.4 is 9.47 Å². The molecule has 0 fully saturated rings. The molecule has 0 saturated carbocycles. The lowest BCUT2D eigenvalue weighted by atomic mass is 10.2. The first-order chi connectivity index (χ1) is 10.6. The first kappa shape index (κ1) is 16.0. The number of esters is 1. The van der Waals surface area contributed by atoms with Crippen LogP contribution in [0.25, 0.3) is 0 Å². The Labute approximate surface area is 133 Å². The third-order valence-electron chi connectivity index (χ3n) is 2.84. The van der Waals surface area contributed by atoms with Crippen molar-refractivity contribution in [3.05, 3.63) is 53.1 Å². The first-order valence-electron chi connectivity index (χ1n) is 6.53. The number of halogens is 1. The van der Waals surface area contributed by atoms with E-state index >= 15 is 0 Å². The van der Waals surface area contributed by atoms with Crippen molar-refractivity contribution < 1.29 is 24.1 Å². The maximum absolute atomic E-state index is 11.9. The number of rotatable bonds is 6. The highest BCUT2D eigenvalue weighted by atomic mass is 35.5. The van der Waals surface area contributed by atoms with Gasteiger partial charge in [-0.2, -0.15) is 0 Å². The zero-order valence-electron chi connectivity index (χ0n) is 11.9. The van der Waals surface area contributed by atoms with Crippen LogP contribution in [0, 0.1) is 0 Å². The number of hydrogen-bond acceptors (Lipinski definition) is 5. The van der Waals surface area contributed by atoms with Gasteiger partial charge in [0.25, 0.3) is 0 Å². The Morgan fingerprint density at radius 1 is 1.14 bits per heavy atom. The van der Waals surface area contributed by atoms with E-state index in [9.17, 15) is 9.90 Å². The predicted molar refractivity (Wildman–Crippen MR) is 81.9 cm³/mol. The molecule has 0 aliphatic carbocycles. The molecule has 116 valence electrons. The van der Waals surface area contributed by atoms with Crippen molar-refractivity contribution in [1.82, 2.24) is 0 Å². The number of hydrogen-bond donors (Lipinski definition) is 1. The SMILES string of the molecule is COc1cccc(C(=O)OCCOc2ccc(Cl)cc2)c1O. The molecule has 2 rings (SSSR count). The van der Waals surface area contributed by atoms with E-state index in [1.807, 2.05) is 0 Å². The predicted octanol–water partition coefficient (Wildman–Crippen LogP) is 3.29. The van der Waals surface area contributed by atoms with Crippen LogP contribution in [0.15, 0.2) is 42.5 Å². The number of benzene rings is 2. The number of para-hydroxylation sites is 1. The van der Waals surface area contributed by atoms with Gasteiger partial charge in [0.2, 0.25) is 0 Å². The average Bonchev–Trinajstić information content (AvgIpc) is 2.53. The van der Waals surface area contributed by atoms with Gasteiger partial charge in [0, 0.05) is 5.02 Å². The quantitative estimate of drug-likeness (QED) is 0.653. The van der Waals surface area contributed by atoms with E-state index in [0.29, 0.717) is 10.8 Å². The fourth-order valence-corrected chi connectivity index (χ4v) is 1.88. The van der Waals surface area contributed by atoms with Gasteiger partial charge in [0.1, 0.15) is 24.5 Å². The Balaban J connectivity index is 1.84. The number of phenols is 1. The maximum Gasteiger partial charge on any atom is 0.342 e. The topological polar surface area (TPSA) is 65.0 Å². The summed E-state index contributed by atoms with van der Waals surface area (Å²) in [6.07, 6.45) is 0. The van der Waals surface area contributed by atoms with E-state index in [1.54, 1.807) is 36.4 Å². The molecule has 22 heavy (non-hydrogen) atoms. The van der Waals surface area contributed by atoms with E-state index in [-0.39, 0.29) is 30.3 Å². The monoisotopic (exact) mass is 322 g/mol. The van der Waals surface area contributed by atoms with E-state index in [2.05, 4.69) is 0 Å². The second kappa shape index (κ2) is 7.56. The van der Waals surface area contributed by atoms with Gasteiger partial charge < -0.3 is 19.3 Å². The van der Waals surface area contributed by atoms with Gasteiger partial charge in [0.05, 0.1) is 7.11 Å². The summed E-state index contributed by atoms with van der Waals surface area (Å²) in [5.74, 6) is -0.0405. The van der Waals surface area contributed by atoms with Gasteiger partial charge in [-0.1, -0.05) is 17.7 Å². The van der Waals surface area contributed by atoms with Crippen molar-refractivity contribution in [3.8, 4) is 17.2 Å². The second-order valence-electron chi connectivity index (χ2n) is 4.29. The summed E-state index contributed by atoms with van der Waals surface area (Å²) in [5.41, 5.74) is 0.0471. The van der Waals surface area contributed by atoms with Crippen molar-refractivity contribution >= 4 is 17.6 Å². The summed E-state index contributed by atoms with van der Waals surface area (Å²) in [4.78, 5) is 11.9. The first-order valence-corrected chi connectivity index (χ1v) is 6.91. The molecule has 6 heteroatoms. The Morgan fingerprint density at radius 2 is 1.86 bits per heavy atom. The standard InChI is InChI=1S/C16H15ClO5/c1-20-14-4-2-3-13(15(14)18)16(19)22-10-9-21-12-7-5-11(17)6-8-12/h2-8,18H,9-10H2,1H3. The van der Waals surface area contributed by atoms with Gasteiger partial charge in [-0.15, -0.1) is 0 Å². The summed E-state index contributed by atoms with van der Waals surface area (Å²) < 4.78 is 15.4. The van der Waals surface area contributed by atoms with Crippen molar-refractivity contribution in [3.63, 3.8) is 0 Å².